The molecule has 0 N–H and O–H groups in total. The molecule has 0 saturated heterocycles. The highest BCUT2D eigenvalue weighted by molar-refractivity contribution is 6.39. The van der Waals surface area contributed by atoms with Crippen LogP contribution in [0.25, 0.3) is 0 Å². The number of hydrogen-bond acceptors (Lipinski definition) is 6. The first-order chi connectivity index (χ1) is 11.3. The molecule has 2 aromatic rings. The zero-order valence-corrected chi connectivity index (χ0v) is 12.9. The van der Waals surface area contributed by atoms with Crippen molar-refractivity contribution in [2.24, 2.45) is 0 Å². The van der Waals surface area contributed by atoms with Gasteiger partial charge >= 0.3 is 0 Å². The van der Waals surface area contributed by atoms with Crippen LogP contribution in [0.5, 0.6) is 0 Å². The molecule has 24 heavy (non-hydrogen) atoms. The summed E-state index contributed by atoms with van der Waals surface area (Å²) < 4.78 is 0. The molecule has 0 heterocycles. The molecular formula is C14H4Cl2N2O6. The van der Waals surface area contributed by atoms with Crippen LogP contribution in [-0.4, -0.2) is 21.4 Å². The van der Waals surface area contributed by atoms with Crippen molar-refractivity contribution in [2.75, 3.05) is 0 Å². The second kappa shape index (κ2) is 5.36. The summed E-state index contributed by atoms with van der Waals surface area (Å²) >= 11 is 11.5. The molecule has 0 aromatic heterocycles. The standard InChI is InChI=1S/C14H4Cl2N2O6/c15-7-3-1-5-9(11(7)17(21)22)14(20)10-6(13(5)19)2-4-8(16)12(10)18(23)24/h1-4H. The van der Waals surface area contributed by atoms with Gasteiger partial charge in [0.2, 0.25) is 5.78 Å². The third-order valence-corrected chi connectivity index (χ3v) is 4.18. The van der Waals surface area contributed by atoms with Crippen molar-refractivity contribution in [3.63, 3.8) is 0 Å². The van der Waals surface area contributed by atoms with Crippen LogP contribution in [0.15, 0.2) is 24.3 Å². The molecule has 0 saturated carbocycles. The van der Waals surface area contributed by atoms with Crippen molar-refractivity contribution in [3.8, 4) is 0 Å². The molecule has 8 nitrogen and oxygen atoms in total. The minimum absolute atomic E-state index is 0.236. The number of carbonyl (C=O) groups excluding carboxylic acids is 2. The van der Waals surface area contributed by atoms with Crippen LogP contribution >= 0.6 is 23.2 Å². The van der Waals surface area contributed by atoms with Gasteiger partial charge in [0.05, 0.1) is 9.85 Å². The Morgan fingerprint density at radius 2 is 1.08 bits per heavy atom. The number of ketones is 2. The number of rotatable bonds is 2. The normalized spacial score (nSPS) is 12.6. The van der Waals surface area contributed by atoms with Crippen LogP contribution < -0.4 is 0 Å². The summed E-state index contributed by atoms with van der Waals surface area (Å²) in [6.07, 6.45) is 0. The van der Waals surface area contributed by atoms with Gasteiger partial charge in [-0.05, 0) is 24.3 Å². The summed E-state index contributed by atoms with van der Waals surface area (Å²) in [7, 11) is 0. The van der Waals surface area contributed by atoms with E-state index in [-0.39, 0.29) is 21.2 Å². The Kier molecular flexibility index (Phi) is 3.58. The highest BCUT2D eigenvalue weighted by Crippen LogP contribution is 2.42. The summed E-state index contributed by atoms with van der Waals surface area (Å²) in [5.74, 6) is -1.79. The predicted octanol–water partition coefficient (Wildman–Crippen LogP) is 3.59. The topological polar surface area (TPSA) is 120 Å². The van der Waals surface area contributed by atoms with Crippen LogP contribution in [0, 0.1) is 20.2 Å². The average Bonchev–Trinajstić information content (AvgIpc) is 2.51. The minimum atomic E-state index is -1.04. The SMILES string of the molecule is O=C1c2ccc(Cl)c([N+](=O)[O-])c2C(=O)c2c1ccc(Cl)c2[N+](=O)[O-]. The van der Waals surface area contributed by atoms with E-state index < -0.39 is 43.9 Å². The van der Waals surface area contributed by atoms with Gasteiger partial charge in [0.1, 0.15) is 21.2 Å². The molecule has 120 valence electrons. The third-order valence-electron chi connectivity index (χ3n) is 3.57. The molecule has 1 aliphatic carbocycles. The summed E-state index contributed by atoms with van der Waals surface area (Å²) in [6, 6.07) is 4.60. The van der Waals surface area contributed by atoms with Crippen molar-refractivity contribution in [2.45, 2.75) is 0 Å². The van der Waals surface area contributed by atoms with E-state index in [9.17, 15) is 29.8 Å². The Labute approximate surface area is 142 Å². The fourth-order valence-corrected chi connectivity index (χ4v) is 3.05. The summed E-state index contributed by atoms with van der Waals surface area (Å²) in [5, 5.41) is 21.8. The van der Waals surface area contributed by atoms with Gasteiger partial charge in [-0.1, -0.05) is 23.2 Å². The van der Waals surface area contributed by atoms with Crippen LogP contribution in [0.3, 0.4) is 0 Å². The van der Waals surface area contributed by atoms with Gasteiger partial charge < -0.3 is 0 Å². The van der Waals surface area contributed by atoms with Gasteiger partial charge in [0, 0.05) is 11.1 Å². The molecular weight excluding hydrogens is 363 g/mol. The molecule has 10 heteroatoms. The van der Waals surface area contributed by atoms with E-state index in [1.807, 2.05) is 0 Å². The maximum Gasteiger partial charge on any atom is 0.299 e. The van der Waals surface area contributed by atoms with Crippen molar-refractivity contribution in [1.29, 1.82) is 0 Å². The number of hydrogen-bond donors (Lipinski definition) is 0. The van der Waals surface area contributed by atoms with Crippen molar-refractivity contribution in [3.05, 3.63) is 76.8 Å². The van der Waals surface area contributed by atoms with E-state index in [1.54, 1.807) is 0 Å². The summed E-state index contributed by atoms with van der Waals surface area (Å²) in [5.41, 5.74) is -3.16. The molecule has 0 unspecified atom stereocenters. The second-order valence-corrected chi connectivity index (χ2v) is 5.62. The van der Waals surface area contributed by atoms with Crippen molar-refractivity contribution in [1.82, 2.24) is 0 Å². The molecule has 0 spiro atoms. The number of nitro benzene ring substituents is 2. The van der Waals surface area contributed by atoms with Crippen LogP contribution in [0.2, 0.25) is 10.0 Å². The quantitative estimate of drug-likeness (QED) is 0.504. The minimum Gasteiger partial charge on any atom is -0.289 e. The van der Waals surface area contributed by atoms with E-state index >= 15 is 0 Å². The average molecular weight is 367 g/mol. The van der Waals surface area contributed by atoms with Crippen LogP contribution in [-0.2, 0) is 0 Å². The Morgan fingerprint density at radius 3 is 1.42 bits per heavy atom. The smallest absolute Gasteiger partial charge is 0.289 e. The lowest BCUT2D eigenvalue weighted by Gasteiger charge is -2.18. The molecule has 1 aliphatic rings. The first kappa shape index (κ1) is 16.0. The van der Waals surface area contributed by atoms with E-state index in [4.69, 9.17) is 23.2 Å². The first-order valence-corrected chi connectivity index (χ1v) is 7.04. The van der Waals surface area contributed by atoms with Crippen LogP contribution in [0.1, 0.15) is 31.8 Å². The van der Waals surface area contributed by atoms with Gasteiger partial charge in [-0.15, -0.1) is 0 Å². The molecule has 0 aliphatic heterocycles. The van der Waals surface area contributed by atoms with E-state index in [0.717, 1.165) is 12.1 Å². The molecule has 0 amide bonds. The lowest BCUT2D eigenvalue weighted by Crippen LogP contribution is -2.23. The van der Waals surface area contributed by atoms with Crippen LogP contribution in [0.4, 0.5) is 11.4 Å². The van der Waals surface area contributed by atoms with Gasteiger partial charge in [0.25, 0.3) is 11.4 Å². The summed E-state index contributed by atoms with van der Waals surface area (Å²) in [4.78, 5) is 45.9. The van der Waals surface area contributed by atoms with E-state index in [1.165, 1.54) is 12.1 Å². The van der Waals surface area contributed by atoms with Gasteiger partial charge in [-0.2, -0.15) is 0 Å². The van der Waals surface area contributed by atoms with Crippen molar-refractivity contribution < 1.29 is 19.4 Å². The largest absolute Gasteiger partial charge is 0.299 e. The monoisotopic (exact) mass is 366 g/mol. The maximum atomic E-state index is 12.7. The molecule has 0 fully saturated rings. The van der Waals surface area contributed by atoms with Gasteiger partial charge in [-0.3, -0.25) is 29.8 Å². The second-order valence-electron chi connectivity index (χ2n) is 4.81. The highest BCUT2D eigenvalue weighted by Gasteiger charge is 2.42. The number of nitro groups is 2. The number of nitrogens with zero attached hydrogens (tertiary/aromatic N) is 2. The highest BCUT2D eigenvalue weighted by atomic mass is 35.5. The molecule has 3 rings (SSSR count). The summed E-state index contributed by atoms with van der Waals surface area (Å²) in [6.45, 7) is 0. The Hall–Kier alpha value is -2.84. The first-order valence-electron chi connectivity index (χ1n) is 6.29. The number of halogens is 2. The Morgan fingerprint density at radius 1 is 0.708 bits per heavy atom. The zero-order valence-electron chi connectivity index (χ0n) is 11.4. The zero-order chi connectivity index (χ0) is 17.8. The van der Waals surface area contributed by atoms with E-state index in [0.29, 0.717) is 0 Å². The third kappa shape index (κ3) is 2.08. The maximum absolute atomic E-state index is 12.7. The number of fused-ring (bicyclic) bond motifs is 2. The van der Waals surface area contributed by atoms with Gasteiger partial charge in [-0.25, -0.2) is 0 Å². The number of benzene rings is 2. The van der Waals surface area contributed by atoms with Gasteiger partial charge in [0.15, 0.2) is 5.78 Å². The molecule has 2 aromatic carbocycles. The molecule has 0 radical (unpaired) electrons. The van der Waals surface area contributed by atoms with Crippen molar-refractivity contribution >= 4 is 46.1 Å². The fraction of sp³-hybridized carbons (Fsp3) is 0. The molecule has 0 atom stereocenters. The Bertz CT molecular complexity index is 910. The van der Waals surface area contributed by atoms with E-state index in [2.05, 4.69) is 0 Å². The lowest BCUT2D eigenvalue weighted by atomic mass is 9.82. The molecule has 0 bridgehead atoms. The fourth-order valence-electron chi connectivity index (χ4n) is 2.60. The predicted molar refractivity (Wildman–Crippen MR) is 83.1 cm³/mol. The number of carbonyl (C=O) groups is 2. The Balaban J connectivity index is 2.45. The lowest BCUT2D eigenvalue weighted by molar-refractivity contribution is -0.385.